The highest BCUT2D eigenvalue weighted by Gasteiger charge is 2.03. The molecule has 0 saturated heterocycles. The predicted molar refractivity (Wildman–Crippen MR) is 124 cm³/mol. The zero-order valence-corrected chi connectivity index (χ0v) is 20.3. The van der Waals surface area contributed by atoms with Crippen molar-refractivity contribution in [3.63, 3.8) is 0 Å². The first-order chi connectivity index (χ1) is 13.8. The van der Waals surface area contributed by atoms with Crippen LogP contribution in [0.2, 0.25) is 0 Å². The summed E-state index contributed by atoms with van der Waals surface area (Å²) in [5.74, 6) is 0.000417. The minimum atomic E-state index is -0.394. The lowest BCUT2D eigenvalue weighted by Crippen LogP contribution is -2.09. The van der Waals surface area contributed by atoms with E-state index in [4.69, 9.17) is 9.47 Å². The molecule has 0 aromatic rings. The van der Waals surface area contributed by atoms with Gasteiger partial charge in [0.05, 0.1) is 20.3 Å². The quantitative estimate of drug-likeness (QED) is 0.221. The summed E-state index contributed by atoms with van der Waals surface area (Å²) in [6.07, 6.45) is 3.09. The number of carbonyl (C=O) groups excluding carboxylic acids is 3. The Morgan fingerprint density at radius 1 is 0.933 bits per heavy atom. The molecule has 6 nitrogen and oxygen atoms in total. The minimum Gasteiger partial charge on any atom is -0.466 e. The number of hydrogen-bond acceptors (Lipinski definition) is 6. The van der Waals surface area contributed by atoms with Gasteiger partial charge in [0.2, 0.25) is 0 Å². The van der Waals surface area contributed by atoms with E-state index in [-0.39, 0.29) is 11.9 Å². The van der Waals surface area contributed by atoms with Gasteiger partial charge in [-0.15, -0.1) is 0 Å². The normalized spacial score (nSPS) is 8.77. The van der Waals surface area contributed by atoms with Crippen LogP contribution >= 0.6 is 0 Å². The highest BCUT2D eigenvalue weighted by molar-refractivity contribution is 5.87. The Kier molecular flexibility index (Phi) is 28.9. The molecule has 0 amide bonds. The second-order valence-corrected chi connectivity index (χ2v) is 7.16. The van der Waals surface area contributed by atoms with Crippen LogP contribution in [0, 0.1) is 18.8 Å². The number of ether oxygens (including phenoxy) is 3. The molecule has 0 unspecified atom stereocenters. The highest BCUT2D eigenvalue weighted by atomic mass is 16.5. The van der Waals surface area contributed by atoms with Gasteiger partial charge in [-0.1, -0.05) is 67.7 Å². The maximum atomic E-state index is 10.7. The molecular weight excluding hydrogens is 384 g/mol. The van der Waals surface area contributed by atoms with E-state index >= 15 is 0 Å². The topological polar surface area (TPSA) is 78.9 Å². The number of carbonyl (C=O) groups is 3. The summed E-state index contributed by atoms with van der Waals surface area (Å²) in [6, 6.07) is 0. The van der Waals surface area contributed by atoms with Gasteiger partial charge in [-0.2, -0.15) is 0 Å². The summed E-state index contributed by atoms with van der Waals surface area (Å²) in [6.45, 7) is 28.1. The van der Waals surface area contributed by atoms with Gasteiger partial charge in [-0.25, -0.2) is 14.4 Å². The lowest BCUT2D eigenvalue weighted by Gasteiger charge is -2.05. The second-order valence-electron chi connectivity index (χ2n) is 7.16. The Hall–Kier alpha value is -2.37. The first kappa shape index (κ1) is 35.1. The number of hydrogen-bond donors (Lipinski definition) is 0. The molecule has 0 aromatic carbocycles. The van der Waals surface area contributed by atoms with Crippen LogP contribution in [0.25, 0.3) is 0 Å². The Morgan fingerprint density at radius 3 is 1.57 bits per heavy atom. The maximum absolute atomic E-state index is 10.7. The molecule has 0 bridgehead atoms. The van der Waals surface area contributed by atoms with Gasteiger partial charge in [0.25, 0.3) is 0 Å². The van der Waals surface area contributed by atoms with Crippen LogP contribution < -0.4 is 0 Å². The summed E-state index contributed by atoms with van der Waals surface area (Å²) in [7, 11) is 1.31. The van der Waals surface area contributed by atoms with E-state index in [1.807, 2.05) is 13.8 Å². The van der Waals surface area contributed by atoms with Crippen molar-refractivity contribution in [2.24, 2.45) is 11.8 Å². The number of esters is 3. The van der Waals surface area contributed by atoms with Crippen molar-refractivity contribution < 1.29 is 28.6 Å². The van der Waals surface area contributed by atoms with Gasteiger partial charge in [-0.3, -0.25) is 0 Å². The van der Waals surface area contributed by atoms with E-state index in [0.717, 1.165) is 18.9 Å². The largest absolute Gasteiger partial charge is 0.466 e. The smallest absolute Gasteiger partial charge is 0.333 e. The zero-order chi connectivity index (χ0) is 24.7. The summed E-state index contributed by atoms with van der Waals surface area (Å²) in [4.78, 5) is 31.3. The Balaban J connectivity index is -0.000000159. The number of rotatable bonds is 8. The molecule has 0 spiro atoms. The average molecular weight is 428 g/mol. The minimum absolute atomic E-state index is 0.284. The highest BCUT2D eigenvalue weighted by Crippen LogP contribution is 1.97. The molecule has 30 heavy (non-hydrogen) atoms. The van der Waals surface area contributed by atoms with Crippen LogP contribution in [0.4, 0.5) is 0 Å². The molecule has 0 atom stereocenters. The predicted octanol–water partition coefficient (Wildman–Crippen LogP) is 5.49. The fourth-order valence-corrected chi connectivity index (χ4v) is 0.881. The summed E-state index contributed by atoms with van der Waals surface area (Å²) in [5, 5.41) is 0. The second kappa shape index (κ2) is 24.7. The average Bonchev–Trinajstić information content (AvgIpc) is 2.65. The third-order valence-corrected chi connectivity index (χ3v) is 2.34. The van der Waals surface area contributed by atoms with E-state index in [2.05, 4.69) is 52.2 Å². The van der Waals surface area contributed by atoms with E-state index in [9.17, 15) is 14.4 Å². The lowest BCUT2D eigenvalue weighted by atomic mass is 10.2. The molecule has 1 radical (unpaired) electrons. The van der Waals surface area contributed by atoms with Crippen molar-refractivity contribution in [2.45, 2.75) is 61.3 Å². The van der Waals surface area contributed by atoms with Crippen molar-refractivity contribution in [1.82, 2.24) is 0 Å². The van der Waals surface area contributed by atoms with Gasteiger partial charge >= 0.3 is 17.9 Å². The Bertz CT molecular complexity index is 501. The molecule has 0 fully saturated rings. The molecule has 0 saturated carbocycles. The van der Waals surface area contributed by atoms with Crippen LogP contribution in [-0.2, 0) is 28.6 Å². The van der Waals surface area contributed by atoms with Gasteiger partial charge in [0, 0.05) is 17.2 Å². The van der Waals surface area contributed by atoms with Crippen LogP contribution in [0.3, 0.4) is 0 Å². The molecule has 6 heteroatoms. The third kappa shape index (κ3) is 40.3. The lowest BCUT2D eigenvalue weighted by molar-refractivity contribution is -0.140. The Morgan fingerprint density at radius 2 is 1.33 bits per heavy atom. The van der Waals surface area contributed by atoms with Gasteiger partial charge in [-0.05, 0) is 32.1 Å². The molecule has 0 heterocycles. The first-order valence-electron chi connectivity index (χ1n) is 9.95. The zero-order valence-electron chi connectivity index (χ0n) is 20.3. The SMILES string of the molecule is C=C(C)C(=O)OCC(C)C.C=C(C)C(=O)OCCCC.C=CC(=O)OC.[CH2]C(C)C. The van der Waals surface area contributed by atoms with Gasteiger partial charge < -0.3 is 14.2 Å². The molecule has 0 aromatic heterocycles. The van der Waals surface area contributed by atoms with E-state index in [1.165, 1.54) is 7.11 Å². The number of unbranched alkanes of at least 4 members (excludes halogenated alkanes) is 1. The van der Waals surface area contributed by atoms with Crippen LogP contribution in [0.5, 0.6) is 0 Å². The fourth-order valence-electron chi connectivity index (χ4n) is 0.881. The molecule has 0 rings (SSSR count). The van der Waals surface area contributed by atoms with Crippen molar-refractivity contribution in [2.75, 3.05) is 20.3 Å². The van der Waals surface area contributed by atoms with E-state index < -0.39 is 5.97 Å². The van der Waals surface area contributed by atoms with Gasteiger partial charge in [0.1, 0.15) is 0 Å². The van der Waals surface area contributed by atoms with Crippen LogP contribution in [0.1, 0.15) is 61.3 Å². The van der Waals surface area contributed by atoms with E-state index in [0.29, 0.717) is 36.2 Å². The molecule has 175 valence electrons. The van der Waals surface area contributed by atoms with E-state index in [1.54, 1.807) is 13.8 Å². The Labute approximate surface area is 184 Å². The van der Waals surface area contributed by atoms with Gasteiger partial charge in [0.15, 0.2) is 0 Å². The van der Waals surface area contributed by atoms with Crippen molar-refractivity contribution in [3.05, 3.63) is 43.9 Å². The molecule has 0 aliphatic rings. The first-order valence-corrected chi connectivity index (χ1v) is 9.95. The summed E-state index contributed by atoms with van der Waals surface area (Å²) < 4.78 is 13.8. The van der Waals surface area contributed by atoms with Crippen molar-refractivity contribution in [3.8, 4) is 0 Å². The summed E-state index contributed by atoms with van der Waals surface area (Å²) in [5.41, 5.74) is 0.928. The number of methoxy groups -OCH3 is 1. The molecule has 0 aliphatic heterocycles. The monoisotopic (exact) mass is 427 g/mol. The molecular formula is C24H43O6. The standard InChI is InChI=1S/2C8H14O2.C4H6O2.C4H9/c1-6(2)5-10-8(9)7(3)4;1-4-5-6-10-8(9)7(2)3;1-3-4(5)6-2;1-4(2)3/h6H,3,5H2,1-2,4H3;2,4-6H2,1,3H3;3H,1H2,2H3;4H,1H2,2-3H3. The summed E-state index contributed by atoms with van der Waals surface area (Å²) >= 11 is 0. The molecule has 0 aliphatic carbocycles. The molecule has 0 N–H and O–H groups in total. The van der Waals surface area contributed by atoms with Crippen LogP contribution in [-0.4, -0.2) is 38.2 Å². The van der Waals surface area contributed by atoms with Crippen LogP contribution in [0.15, 0.2) is 37.0 Å². The fraction of sp³-hybridized carbons (Fsp3) is 0.583. The van der Waals surface area contributed by atoms with Crippen molar-refractivity contribution in [1.29, 1.82) is 0 Å². The van der Waals surface area contributed by atoms with Crippen molar-refractivity contribution >= 4 is 17.9 Å². The maximum Gasteiger partial charge on any atom is 0.333 e. The third-order valence-electron chi connectivity index (χ3n) is 2.34.